The van der Waals surface area contributed by atoms with Gasteiger partial charge in [-0.15, -0.1) is 0 Å². The summed E-state index contributed by atoms with van der Waals surface area (Å²) in [6.07, 6.45) is 0. The summed E-state index contributed by atoms with van der Waals surface area (Å²) in [6.45, 7) is 6.35. The molecule has 0 aliphatic heterocycles. The zero-order chi connectivity index (χ0) is 6.62. The van der Waals surface area contributed by atoms with Crippen LogP contribution in [0.15, 0.2) is 0 Å². The van der Waals surface area contributed by atoms with Gasteiger partial charge in [-0.1, -0.05) is 34.4 Å². The first kappa shape index (κ1) is 8.29. The molecule has 1 heteroatoms. The van der Waals surface area contributed by atoms with Gasteiger partial charge in [0.2, 0.25) is 0 Å². The molecule has 0 spiro atoms. The van der Waals surface area contributed by atoms with Crippen molar-refractivity contribution >= 4 is 22.6 Å². The Bertz CT molecular complexity index is 109. The van der Waals surface area contributed by atoms with E-state index in [4.69, 9.17) is 0 Å². The molecule has 0 heterocycles. The number of rotatable bonds is 0. The van der Waals surface area contributed by atoms with Crippen LogP contribution < -0.4 is 0 Å². The fourth-order valence-corrected chi connectivity index (χ4v) is 0.489. The van der Waals surface area contributed by atoms with Gasteiger partial charge in [0.1, 0.15) is 0 Å². The van der Waals surface area contributed by atoms with E-state index in [1.807, 2.05) is 0 Å². The molecule has 0 unspecified atom stereocenters. The molecule has 0 saturated heterocycles. The number of hydrogen-bond acceptors (Lipinski definition) is 0. The topological polar surface area (TPSA) is 0 Å². The third-order valence-electron chi connectivity index (χ3n) is 0.530. The van der Waals surface area contributed by atoms with Gasteiger partial charge in [0, 0.05) is 5.41 Å². The molecule has 0 saturated carbocycles. The lowest BCUT2D eigenvalue weighted by atomic mass is 9.98. The molecule has 0 rings (SSSR count). The van der Waals surface area contributed by atoms with Crippen molar-refractivity contribution in [1.29, 1.82) is 0 Å². The Morgan fingerprint density at radius 3 is 2.00 bits per heavy atom. The average Bonchev–Trinajstić information content (AvgIpc) is 1.59. The highest BCUT2D eigenvalue weighted by Gasteiger charge is 2.01. The largest absolute Gasteiger partial charge is 0.0966 e. The van der Waals surface area contributed by atoms with Crippen molar-refractivity contribution in [2.45, 2.75) is 20.8 Å². The minimum absolute atomic E-state index is 0.186. The highest BCUT2D eigenvalue weighted by molar-refractivity contribution is 14.1. The molecule has 0 radical (unpaired) electrons. The molecule has 0 aromatic heterocycles. The number of hydrogen-bond donors (Lipinski definition) is 0. The van der Waals surface area contributed by atoms with Crippen molar-refractivity contribution in [3.63, 3.8) is 0 Å². The molecule has 0 aromatic rings. The molecule has 0 atom stereocenters. The van der Waals surface area contributed by atoms with Crippen LogP contribution in [-0.2, 0) is 0 Å². The van der Waals surface area contributed by atoms with Crippen molar-refractivity contribution in [3.05, 3.63) is 0 Å². The third-order valence-corrected chi connectivity index (χ3v) is 0.912. The van der Waals surface area contributed by atoms with Crippen LogP contribution in [0.4, 0.5) is 0 Å². The highest BCUT2D eigenvalue weighted by Crippen LogP contribution is 2.09. The van der Waals surface area contributed by atoms with Gasteiger partial charge >= 0.3 is 0 Å². The lowest BCUT2D eigenvalue weighted by Gasteiger charge is -2.05. The van der Waals surface area contributed by atoms with E-state index in [-0.39, 0.29) is 5.41 Å². The van der Waals surface area contributed by atoms with Crippen LogP contribution in [0.25, 0.3) is 0 Å². The second kappa shape index (κ2) is 3.34. The van der Waals surface area contributed by atoms with Crippen molar-refractivity contribution in [3.8, 4) is 11.8 Å². The van der Waals surface area contributed by atoms with E-state index in [0.717, 1.165) is 4.43 Å². The quantitative estimate of drug-likeness (QED) is 0.335. The zero-order valence-corrected chi connectivity index (χ0v) is 7.74. The molecule has 8 heavy (non-hydrogen) atoms. The first-order valence-electron chi connectivity index (χ1n) is 2.62. The highest BCUT2D eigenvalue weighted by atomic mass is 127. The molecule has 0 nitrogen and oxygen atoms in total. The van der Waals surface area contributed by atoms with Crippen molar-refractivity contribution in [2.75, 3.05) is 4.43 Å². The van der Waals surface area contributed by atoms with Gasteiger partial charge in [0.25, 0.3) is 0 Å². The van der Waals surface area contributed by atoms with E-state index in [2.05, 4.69) is 55.2 Å². The molecule has 0 N–H and O–H groups in total. The van der Waals surface area contributed by atoms with Gasteiger partial charge in [-0.05, 0) is 20.8 Å². The fraction of sp³-hybridized carbons (Fsp3) is 0.714. The lowest BCUT2D eigenvalue weighted by molar-refractivity contribution is 0.571. The minimum atomic E-state index is 0.186. The van der Waals surface area contributed by atoms with Crippen LogP contribution in [-0.4, -0.2) is 4.43 Å². The van der Waals surface area contributed by atoms with Crippen LogP contribution >= 0.6 is 22.6 Å². The Balaban J connectivity index is 3.69. The molecule has 0 aromatic carbocycles. The van der Waals surface area contributed by atoms with Crippen molar-refractivity contribution < 1.29 is 0 Å². The molecule has 0 amide bonds. The first-order valence-corrected chi connectivity index (χ1v) is 4.15. The van der Waals surface area contributed by atoms with E-state index < -0.39 is 0 Å². The summed E-state index contributed by atoms with van der Waals surface area (Å²) in [5.74, 6) is 6.14. The Hall–Kier alpha value is 0.290. The Morgan fingerprint density at radius 1 is 1.38 bits per heavy atom. The van der Waals surface area contributed by atoms with Crippen molar-refractivity contribution in [1.82, 2.24) is 0 Å². The predicted octanol–water partition coefficient (Wildman–Crippen LogP) is 2.47. The Labute approximate surface area is 65.2 Å². The van der Waals surface area contributed by atoms with Gasteiger partial charge in [0.05, 0.1) is 4.43 Å². The molecule has 46 valence electrons. The third kappa shape index (κ3) is 6.29. The van der Waals surface area contributed by atoms with Crippen LogP contribution in [0.3, 0.4) is 0 Å². The maximum Gasteiger partial charge on any atom is 0.0609 e. The van der Waals surface area contributed by atoms with Gasteiger partial charge in [-0.3, -0.25) is 0 Å². The molecular weight excluding hydrogens is 211 g/mol. The standard InChI is InChI=1S/C7H11I/c1-7(2,3)5-4-6-8/h6H2,1-3H3. The van der Waals surface area contributed by atoms with E-state index >= 15 is 0 Å². The van der Waals surface area contributed by atoms with E-state index in [1.54, 1.807) is 0 Å². The second-order valence-corrected chi connectivity index (χ2v) is 3.45. The van der Waals surface area contributed by atoms with Gasteiger partial charge in [-0.25, -0.2) is 0 Å². The molecular formula is C7H11I. The molecule has 0 aliphatic rings. The maximum absolute atomic E-state index is 3.11. The SMILES string of the molecule is CC(C)(C)C#CCI. The summed E-state index contributed by atoms with van der Waals surface area (Å²) in [6, 6.07) is 0. The summed E-state index contributed by atoms with van der Waals surface area (Å²) in [5, 5.41) is 0. The zero-order valence-electron chi connectivity index (χ0n) is 5.59. The smallest absolute Gasteiger partial charge is 0.0609 e. The first-order chi connectivity index (χ1) is 3.56. The van der Waals surface area contributed by atoms with E-state index in [1.165, 1.54) is 0 Å². The lowest BCUT2D eigenvalue weighted by Crippen LogP contribution is -1.98. The van der Waals surface area contributed by atoms with E-state index in [0.29, 0.717) is 0 Å². The molecule has 0 fully saturated rings. The monoisotopic (exact) mass is 222 g/mol. The normalized spacial score (nSPS) is 10.0. The summed E-state index contributed by atoms with van der Waals surface area (Å²) >= 11 is 2.25. The summed E-state index contributed by atoms with van der Waals surface area (Å²) < 4.78 is 0.940. The Kier molecular flexibility index (Phi) is 3.46. The van der Waals surface area contributed by atoms with Crippen LogP contribution in [0, 0.1) is 17.3 Å². The predicted molar refractivity (Wildman–Crippen MR) is 46.1 cm³/mol. The summed E-state index contributed by atoms with van der Waals surface area (Å²) in [4.78, 5) is 0. The van der Waals surface area contributed by atoms with Crippen LogP contribution in [0.2, 0.25) is 0 Å². The van der Waals surface area contributed by atoms with Gasteiger partial charge in [-0.2, -0.15) is 0 Å². The second-order valence-electron chi connectivity index (χ2n) is 2.69. The van der Waals surface area contributed by atoms with Gasteiger partial charge in [0.15, 0.2) is 0 Å². The maximum atomic E-state index is 3.11. The number of halogens is 1. The average molecular weight is 222 g/mol. The van der Waals surface area contributed by atoms with Gasteiger partial charge < -0.3 is 0 Å². The molecule has 0 bridgehead atoms. The van der Waals surface area contributed by atoms with E-state index in [9.17, 15) is 0 Å². The van der Waals surface area contributed by atoms with Crippen LogP contribution in [0.1, 0.15) is 20.8 Å². The molecule has 0 aliphatic carbocycles. The fourth-order valence-electron chi connectivity index (χ4n) is 0.299. The minimum Gasteiger partial charge on any atom is -0.0966 e. The number of alkyl halides is 1. The Morgan fingerprint density at radius 2 is 1.88 bits per heavy atom. The van der Waals surface area contributed by atoms with Crippen molar-refractivity contribution in [2.24, 2.45) is 5.41 Å². The van der Waals surface area contributed by atoms with Crippen LogP contribution in [0.5, 0.6) is 0 Å². The summed E-state index contributed by atoms with van der Waals surface area (Å²) in [5.41, 5.74) is 0.186. The summed E-state index contributed by atoms with van der Waals surface area (Å²) in [7, 11) is 0.